The molecule has 0 N–H and O–H groups in total. The van der Waals surface area contributed by atoms with Crippen LogP contribution in [-0.4, -0.2) is 26.0 Å². The van der Waals surface area contributed by atoms with Gasteiger partial charge in [0.2, 0.25) is 5.78 Å². The molecule has 1 heterocycles. The van der Waals surface area contributed by atoms with Gasteiger partial charge < -0.3 is 4.57 Å². The van der Waals surface area contributed by atoms with Crippen LogP contribution < -0.4 is 0 Å². The highest BCUT2D eigenvalue weighted by molar-refractivity contribution is 6.39. The number of halogens is 1. The van der Waals surface area contributed by atoms with Crippen molar-refractivity contribution < 1.29 is 9.59 Å². The second-order valence-corrected chi connectivity index (χ2v) is 4.57. The molecule has 15 heavy (non-hydrogen) atoms. The molecular formula is C10H11ClN2O2. The smallest absolute Gasteiger partial charge is 0.205 e. The van der Waals surface area contributed by atoms with E-state index in [0.29, 0.717) is 18.7 Å². The number of hydrogen-bond donors (Lipinski definition) is 0. The Hall–Kier alpha value is -1.16. The molecule has 0 saturated heterocycles. The van der Waals surface area contributed by atoms with Gasteiger partial charge in [0.05, 0.1) is 6.42 Å². The van der Waals surface area contributed by atoms with Crippen LogP contribution in [-0.2, 0) is 11.8 Å². The van der Waals surface area contributed by atoms with Gasteiger partial charge in [-0.15, -0.1) is 11.6 Å². The largest absolute Gasteiger partial charge is 0.332 e. The standard InChI is InChI=1S/C10H11ClN2O2/c1-13-5-4-12-9(13)7(14)6-8(15)10(11)2-3-10/h4-5H,2-3,6H2,1H3. The summed E-state index contributed by atoms with van der Waals surface area (Å²) in [6, 6.07) is 0. The van der Waals surface area contributed by atoms with Gasteiger partial charge in [0.25, 0.3) is 0 Å². The van der Waals surface area contributed by atoms with E-state index in [-0.39, 0.29) is 18.0 Å². The molecule has 1 aromatic heterocycles. The van der Waals surface area contributed by atoms with Gasteiger partial charge in [-0.05, 0) is 12.8 Å². The Morgan fingerprint density at radius 1 is 1.60 bits per heavy atom. The van der Waals surface area contributed by atoms with E-state index in [4.69, 9.17) is 11.6 Å². The highest BCUT2D eigenvalue weighted by Gasteiger charge is 2.48. The highest BCUT2D eigenvalue weighted by Crippen LogP contribution is 2.44. The lowest BCUT2D eigenvalue weighted by atomic mass is 10.1. The molecule has 1 aliphatic rings. The summed E-state index contributed by atoms with van der Waals surface area (Å²) in [5.74, 6) is -0.138. The van der Waals surface area contributed by atoms with Crippen LogP contribution in [0.3, 0.4) is 0 Å². The molecule has 1 saturated carbocycles. The Balaban J connectivity index is 2.04. The molecule has 0 aromatic carbocycles. The van der Waals surface area contributed by atoms with Gasteiger partial charge in [-0.1, -0.05) is 0 Å². The monoisotopic (exact) mass is 226 g/mol. The number of aryl methyl sites for hydroxylation is 1. The lowest BCUT2D eigenvalue weighted by molar-refractivity contribution is -0.118. The summed E-state index contributed by atoms with van der Waals surface area (Å²) in [5.41, 5.74) is 0. The number of aromatic nitrogens is 2. The van der Waals surface area contributed by atoms with Gasteiger partial charge in [0.15, 0.2) is 11.6 Å². The Kier molecular flexibility index (Phi) is 2.38. The molecule has 80 valence electrons. The van der Waals surface area contributed by atoms with Crippen LogP contribution in [0.1, 0.15) is 29.9 Å². The van der Waals surface area contributed by atoms with E-state index in [1.54, 1.807) is 17.8 Å². The number of ketones is 2. The number of rotatable bonds is 4. The lowest BCUT2D eigenvalue weighted by Gasteiger charge is -2.04. The van der Waals surface area contributed by atoms with Gasteiger partial charge in [-0.3, -0.25) is 9.59 Å². The summed E-state index contributed by atoms with van der Waals surface area (Å²) in [7, 11) is 1.72. The van der Waals surface area contributed by atoms with Crippen molar-refractivity contribution in [3.05, 3.63) is 18.2 Å². The number of alkyl halides is 1. The summed E-state index contributed by atoms with van der Waals surface area (Å²) in [4.78, 5) is 26.3. The first kappa shape index (κ1) is 10.4. The van der Waals surface area contributed by atoms with Crippen LogP contribution in [0.25, 0.3) is 0 Å². The van der Waals surface area contributed by atoms with Crippen molar-refractivity contribution in [1.29, 1.82) is 0 Å². The first-order valence-corrected chi connectivity index (χ1v) is 5.13. The van der Waals surface area contributed by atoms with Crippen molar-refractivity contribution in [3.63, 3.8) is 0 Å². The van der Waals surface area contributed by atoms with Crippen molar-refractivity contribution in [2.24, 2.45) is 7.05 Å². The summed E-state index contributed by atoms with van der Waals surface area (Å²) < 4.78 is 1.60. The van der Waals surface area contributed by atoms with E-state index < -0.39 is 4.87 Å². The van der Waals surface area contributed by atoms with E-state index in [1.165, 1.54) is 6.20 Å². The van der Waals surface area contributed by atoms with Crippen LogP contribution in [0.5, 0.6) is 0 Å². The average Bonchev–Trinajstić information content (AvgIpc) is 2.77. The molecule has 0 amide bonds. The molecule has 1 aliphatic carbocycles. The molecule has 0 aliphatic heterocycles. The van der Waals surface area contributed by atoms with Gasteiger partial charge in [-0.25, -0.2) is 4.98 Å². The zero-order valence-electron chi connectivity index (χ0n) is 8.36. The maximum absolute atomic E-state index is 11.6. The predicted octanol–water partition coefficient (Wildman–Crippen LogP) is 1.33. The van der Waals surface area contributed by atoms with Crippen molar-refractivity contribution in [1.82, 2.24) is 9.55 Å². The van der Waals surface area contributed by atoms with Gasteiger partial charge >= 0.3 is 0 Å². The van der Waals surface area contributed by atoms with Crippen molar-refractivity contribution in [2.75, 3.05) is 0 Å². The Morgan fingerprint density at radius 2 is 2.27 bits per heavy atom. The number of Topliss-reactive ketones (excluding diaryl/α,β-unsaturated/α-hetero) is 2. The second kappa shape index (κ2) is 3.45. The maximum Gasteiger partial charge on any atom is 0.205 e. The minimum Gasteiger partial charge on any atom is -0.332 e. The molecule has 0 spiro atoms. The molecule has 1 aromatic rings. The predicted molar refractivity (Wildman–Crippen MR) is 55.0 cm³/mol. The van der Waals surface area contributed by atoms with E-state index in [0.717, 1.165) is 0 Å². The lowest BCUT2D eigenvalue weighted by Crippen LogP contribution is -2.21. The Morgan fingerprint density at radius 3 is 2.73 bits per heavy atom. The van der Waals surface area contributed by atoms with Gasteiger partial charge in [-0.2, -0.15) is 0 Å². The second-order valence-electron chi connectivity index (χ2n) is 3.85. The number of carbonyl (C=O) groups is 2. The molecular weight excluding hydrogens is 216 g/mol. The summed E-state index contributed by atoms with van der Waals surface area (Å²) in [5, 5.41) is 0. The number of imidazole rings is 1. The third kappa shape index (κ3) is 1.95. The van der Waals surface area contributed by atoms with Gasteiger partial charge in [0.1, 0.15) is 4.87 Å². The number of hydrogen-bond acceptors (Lipinski definition) is 3. The maximum atomic E-state index is 11.6. The summed E-state index contributed by atoms with van der Waals surface area (Å²) in [6.07, 6.45) is 4.42. The molecule has 0 unspecified atom stereocenters. The third-order valence-corrected chi connectivity index (χ3v) is 3.17. The third-order valence-electron chi connectivity index (χ3n) is 2.58. The fourth-order valence-electron chi connectivity index (χ4n) is 1.41. The molecule has 2 rings (SSSR count). The van der Waals surface area contributed by atoms with E-state index in [2.05, 4.69) is 4.98 Å². The quantitative estimate of drug-likeness (QED) is 0.442. The Bertz CT molecular complexity index is 421. The van der Waals surface area contributed by atoms with E-state index >= 15 is 0 Å². The van der Waals surface area contributed by atoms with Crippen molar-refractivity contribution in [2.45, 2.75) is 24.1 Å². The first-order valence-electron chi connectivity index (χ1n) is 4.76. The van der Waals surface area contributed by atoms with Crippen molar-refractivity contribution >= 4 is 23.2 Å². The fraction of sp³-hybridized carbons (Fsp3) is 0.500. The topological polar surface area (TPSA) is 52.0 Å². The molecule has 1 fully saturated rings. The van der Waals surface area contributed by atoms with Crippen LogP contribution >= 0.6 is 11.6 Å². The first-order chi connectivity index (χ1) is 7.03. The van der Waals surface area contributed by atoms with Crippen LogP contribution in [0.2, 0.25) is 0 Å². The molecule has 5 heteroatoms. The van der Waals surface area contributed by atoms with Crippen LogP contribution in [0.4, 0.5) is 0 Å². The SMILES string of the molecule is Cn1ccnc1C(=O)CC(=O)C1(Cl)CC1. The molecule has 0 radical (unpaired) electrons. The Labute approximate surface area is 92.2 Å². The van der Waals surface area contributed by atoms with Crippen LogP contribution in [0, 0.1) is 0 Å². The fourth-order valence-corrected chi connectivity index (χ4v) is 1.57. The van der Waals surface area contributed by atoms with Crippen LogP contribution in [0.15, 0.2) is 12.4 Å². The minimum atomic E-state index is -0.749. The molecule has 0 atom stereocenters. The molecule has 4 nitrogen and oxygen atoms in total. The van der Waals surface area contributed by atoms with E-state index in [9.17, 15) is 9.59 Å². The zero-order chi connectivity index (χ0) is 11.1. The van der Waals surface area contributed by atoms with Crippen molar-refractivity contribution in [3.8, 4) is 0 Å². The highest BCUT2D eigenvalue weighted by atomic mass is 35.5. The summed E-state index contributed by atoms with van der Waals surface area (Å²) >= 11 is 5.91. The number of carbonyl (C=O) groups excluding carboxylic acids is 2. The number of nitrogens with zero attached hydrogens (tertiary/aromatic N) is 2. The van der Waals surface area contributed by atoms with Gasteiger partial charge in [0, 0.05) is 19.4 Å². The normalized spacial score (nSPS) is 17.5. The minimum absolute atomic E-state index is 0.144. The van der Waals surface area contributed by atoms with E-state index in [1.807, 2.05) is 0 Å². The summed E-state index contributed by atoms with van der Waals surface area (Å²) in [6.45, 7) is 0. The zero-order valence-corrected chi connectivity index (χ0v) is 9.12. The molecule has 0 bridgehead atoms. The average molecular weight is 227 g/mol.